The normalized spacial score (nSPS) is 10.5. The Bertz CT molecular complexity index is 561. The first-order valence-corrected chi connectivity index (χ1v) is 6.66. The van der Waals surface area contributed by atoms with Crippen LogP contribution in [-0.2, 0) is 13.1 Å². The standard InChI is InChI=1S/C17H22N2/c1-13-7-8-17(9-14(13)2)19(3)12-16-6-4-5-15(10-16)11-18/h4-10H,11-12,18H2,1-3H3. The zero-order valence-corrected chi connectivity index (χ0v) is 12.0. The molecule has 0 aliphatic carbocycles. The smallest absolute Gasteiger partial charge is 0.0426 e. The molecule has 19 heavy (non-hydrogen) atoms. The van der Waals surface area contributed by atoms with Crippen LogP contribution in [0, 0.1) is 13.8 Å². The molecular formula is C17H22N2. The van der Waals surface area contributed by atoms with Crippen LogP contribution >= 0.6 is 0 Å². The van der Waals surface area contributed by atoms with Gasteiger partial charge in [-0.3, -0.25) is 0 Å². The third kappa shape index (κ3) is 3.36. The third-order valence-electron chi connectivity index (χ3n) is 3.58. The SMILES string of the molecule is Cc1ccc(N(C)Cc2cccc(CN)c2)cc1C. The monoisotopic (exact) mass is 254 g/mol. The van der Waals surface area contributed by atoms with Gasteiger partial charge in [0, 0.05) is 25.8 Å². The molecular weight excluding hydrogens is 232 g/mol. The van der Waals surface area contributed by atoms with Gasteiger partial charge in [0.1, 0.15) is 0 Å². The minimum Gasteiger partial charge on any atom is -0.370 e. The molecule has 0 bridgehead atoms. The molecule has 0 spiro atoms. The highest BCUT2D eigenvalue weighted by molar-refractivity contribution is 5.50. The minimum absolute atomic E-state index is 0.598. The second kappa shape index (κ2) is 5.89. The molecule has 2 heteroatoms. The molecule has 0 atom stereocenters. The Balaban J connectivity index is 2.15. The predicted octanol–water partition coefficient (Wildman–Crippen LogP) is 3.40. The van der Waals surface area contributed by atoms with Crippen molar-refractivity contribution in [2.45, 2.75) is 26.9 Å². The van der Waals surface area contributed by atoms with Crippen molar-refractivity contribution in [3.05, 3.63) is 64.7 Å². The van der Waals surface area contributed by atoms with Gasteiger partial charge in [0.15, 0.2) is 0 Å². The molecule has 2 aromatic carbocycles. The van der Waals surface area contributed by atoms with Crippen molar-refractivity contribution in [3.63, 3.8) is 0 Å². The molecule has 2 nitrogen and oxygen atoms in total. The van der Waals surface area contributed by atoms with Crippen molar-refractivity contribution in [2.75, 3.05) is 11.9 Å². The maximum Gasteiger partial charge on any atom is 0.0426 e. The summed E-state index contributed by atoms with van der Waals surface area (Å²) in [6.07, 6.45) is 0. The van der Waals surface area contributed by atoms with Gasteiger partial charge in [0.25, 0.3) is 0 Å². The van der Waals surface area contributed by atoms with Crippen LogP contribution < -0.4 is 10.6 Å². The van der Waals surface area contributed by atoms with Gasteiger partial charge in [-0.25, -0.2) is 0 Å². The van der Waals surface area contributed by atoms with Gasteiger partial charge in [-0.15, -0.1) is 0 Å². The molecule has 2 aromatic rings. The Morgan fingerprint density at radius 3 is 2.37 bits per heavy atom. The summed E-state index contributed by atoms with van der Waals surface area (Å²) in [6, 6.07) is 15.1. The molecule has 2 rings (SSSR count). The first-order chi connectivity index (χ1) is 9.10. The molecule has 0 aromatic heterocycles. The molecule has 0 radical (unpaired) electrons. The number of hydrogen-bond acceptors (Lipinski definition) is 2. The second-order valence-electron chi connectivity index (χ2n) is 5.15. The molecule has 0 saturated carbocycles. The average molecular weight is 254 g/mol. The van der Waals surface area contributed by atoms with E-state index in [1.165, 1.54) is 27.9 Å². The van der Waals surface area contributed by atoms with Crippen LogP contribution in [0.2, 0.25) is 0 Å². The summed E-state index contributed by atoms with van der Waals surface area (Å²) in [5, 5.41) is 0. The molecule has 0 heterocycles. The van der Waals surface area contributed by atoms with E-state index in [0.29, 0.717) is 6.54 Å². The van der Waals surface area contributed by atoms with E-state index in [1.807, 2.05) is 0 Å². The lowest BCUT2D eigenvalue weighted by molar-refractivity contribution is 0.915. The molecule has 0 amide bonds. The summed E-state index contributed by atoms with van der Waals surface area (Å²) in [5.41, 5.74) is 12.1. The van der Waals surface area contributed by atoms with Crippen LogP contribution in [0.5, 0.6) is 0 Å². The van der Waals surface area contributed by atoms with Crippen LogP contribution in [0.3, 0.4) is 0 Å². The molecule has 2 N–H and O–H groups in total. The van der Waals surface area contributed by atoms with Gasteiger partial charge >= 0.3 is 0 Å². The molecule has 0 aliphatic heterocycles. The van der Waals surface area contributed by atoms with Crippen molar-refractivity contribution in [1.82, 2.24) is 0 Å². The van der Waals surface area contributed by atoms with Crippen LogP contribution in [0.4, 0.5) is 5.69 Å². The first kappa shape index (κ1) is 13.6. The van der Waals surface area contributed by atoms with Crippen LogP contribution in [-0.4, -0.2) is 7.05 Å². The number of nitrogens with zero attached hydrogens (tertiary/aromatic N) is 1. The molecule has 0 aliphatic rings. The Labute approximate surface area is 115 Å². The summed E-state index contributed by atoms with van der Waals surface area (Å²) in [6.45, 7) is 5.79. The number of aryl methyl sites for hydroxylation is 2. The Morgan fingerprint density at radius 1 is 0.947 bits per heavy atom. The minimum atomic E-state index is 0.598. The Kier molecular flexibility index (Phi) is 4.23. The van der Waals surface area contributed by atoms with Crippen LogP contribution in [0.15, 0.2) is 42.5 Å². The van der Waals surface area contributed by atoms with Gasteiger partial charge < -0.3 is 10.6 Å². The van der Waals surface area contributed by atoms with E-state index in [2.05, 4.69) is 68.3 Å². The molecule has 0 saturated heterocycles. The first-order valence-electron chi connectivity index (χ1n) is 6.66. The maximum atomic E-state index is 5.68. The van der Waals surface area contributed by atoms with Crippen molar-refractivity contribution in [1.29, 1.82) is 0 Å². The molecule has 0 fully saturated rings. The van der Waals surface area contributed by atoms with Crippen molar-refractivity contribution < 1.29 is 0 Å². The zero-order chi connectivity index (χ0) is 13.8. The Morgan fingerprint density at radius 2 is 1.68 bits per heavy atom. The van der Waals surface area contributed by atoms with Crippen molar-refractivity contribution >= 4 is 5.69 Å². The quantitative estimate of drug-likeness (QED) is 0.906. The van der Waals surface area contributed by atoms with E-state index in [4.69, 9.17) is 5.73 Å². The molecule has 100 valence electrons. The highest BCUT2D eigenvalue weighted by atomic mass is 15.1. The van der Waals surface area contributed by atoms with Gasteiger partial charge in [0.05, 0.1) is 0 Å². The third-order valence-corrected chi connectivity index (χ3v) is 3.58. The van der Waals surface area contributed by atoms with Crippen molar-refractivity contribution in [3.8, 4) is 0 Å². The number of benzene rings is 2. The van der Waals surface area contributed by atoms with Crippen molar-refractivity contribution in [2.24, 2.45) is 5.73 Å². The maximum absolute atomic E-state index is 5.68. The topological polar surface area (TPSA) is 29.3 Å². The zero-order valence-electron chi connectivity index (χ0n) is 12.0. The van der Waals surface area contributed by atoms with Gasteiger partial charge in [0.2, 0.25) is 0 Å². The Hall–Kier alpha value is -1.80. The summed E-state index contributed by atoms with van der Waals surface area (Å²) < 4.78 is 0. The lowest BCUT2D eigenvalue weighted by Crippen LogP contribution is -2.16. The lowest BCUT2D eigenvalue weighted by atomic mass is 10.1. The number of nitrogens with two attached hydrogens (primary N) is 1. The van der Waals surface area contributed by atoms with Crippen LogP contribution in [0.1, 0.15) is 22.3 Å². The van der Waals surface area contributed by atoms with Gasteiger partial charge in [-0.05, 0) is 48.2 Å². The van der Waals surface area contributed by atoms with E-state index in [0.717, 1.165) is 6.54 Å². The second-order valence-corrected chi connectivity index (χ2v) is 5.15. The van der Waals surface area contributed by atoms with E-state index in [9.17, 15) is 0 Å². The predicted molar refractivity (Wildman–Crippen MR) is 82.4 cm³/mol. The van der Waals surface area contributed by atoms with Crippen LogP contribution in [0.25, 0.3) is 0 Å². The highest BCUT2D eigenvalue weighted by Crippen LogP contribution is 2.19. The average Bonchev–Trinajstić information content (AvgIpc) is 2.42. The van der Waals surface area contributed by atoms with E-state index < -0.39 is 0 Å². The van der Waals surface area contributed by atoms with E-state index in [1.54, 1.807) is 0 Å². The summed E-state index contributed by atoms with van der Waals surface area (Å²) in [4.78, 5) is 2.27. The summed E-state index contributed by atoms with van der Waals surface area (Å²) in [7, 11) is 2.12. The fourth-order valence-electron chi connectivity index (χ4n) is 2.18. The van der Waals surface area contributed by atoms with Gasteiger partial charge in [-0.1, -0.05) is 30.3 Å². The fourth-order valence-corrected chi connectivity index (χ4v) is 2.18. The fraction of sp³-hybridized carbons (Fsp3) is 0.294. The number of rotatable bonds is 4. The largest absolute Gasteiger partial charge is 0.370 e. The lowest BCUT2D eigenvalue weighted by Gasteiger charge is -2.20. The summed E-state index contributed by atoms with van der Waals surface area (Å²) in [5.74, 6) is 0. The highest BCUT2D eigenvalue weighted by Gasteiger charge is 2.04. The van der Waals surface area contributed by atoms with E-state index >= 15 is 0 Å². The number of anilines is 1. The van der Waals surface area contributed by atoms with E-state index in [-0.39, 0.29) is 0 Å². The molecule has 0 unspecified atom stereocenters. The summed E-state index contributed by atoms with van der Waals surface area (Å²) >= 11 is 0. The number of hydrogen-bond donors (Lipinski definition) is 1. The van der Waals surface area contributed by atoms with Gasteiger partial charge in [-0.2, -0.15) is 0 Å².